The first kappa shape index (κ1) is 12.5. The largest absolute Gasteiger partial charge is 0.426 e. The molecule has 0 aliphatic carbocycles. The molecule has 0 aliphatic rings. The highest BCUT2D eigenvalue weighted by atomic mass is 127. The van der Waals surface area contributed by atoms with Crippen molar-refractivity contribution in [3.05, 3.63) is 29.3 Å². The van der Waals surface area contributed by atoms with Crippen LogP contribution in [0.1, 0.15) is 30.9 Å². The third-order valence-corrected chi connectivity index (χ3v) is 2.83. The predicted molar refractivity (Wildman–Crippen MR) is 69.8 cm³/mol. The fourth-order valence-electron chi connectivity index (χ4n) is 1.24. The number of esters is 1. The highest BCUT2D eigenvalue weighted by Crippen LogP contribution is 2.24. The molecule has 0 saturated heterocycles. The number of hydrogen-bond donors (Lipinski definition) is 0. The van der Waals surface area contributed by atoms with Crippen LogP contribution in [-0.2, 0) is 4.79 Å². The number of hydrogen-bond acceptors (Lipinski definition) is 2. The average molecular weight is 318 g/mol. The van der Waals surface area contributed by atoms with Gasteiger partial charge in [0, 0.05) is 0 Å². The molecular weight excluding hydrogens is 303 g/mol. The molecule has 1 rings (SSSR count). The number of rotatable bonds is 3. The molecule has 0 bridgehead atoms. The lowest BCUT2D eigenvalue weighted by Crippen LogP contribution is -2.09. The molecule has 0 N–H and O–H groups in total. The molecule has 15 heavy (non-hydrogen) atoms. The Bertz CT molecular complexity index is 359. The van der Waals surface area contributed by atoms with E-state index in [-0.39, 0.29) is 5.97 Å². The topological polar surface area (TPSA) is 26.3 Å². The van der Waals surface area contributed by atoms with Crippen molar-refractivity contribution in [2.45, 2.75) is 26.7 Å². The molecule has 82 valence electrons. The van der Waals surface area contributed by atoms with Gasteiger partial charge in [-0.1, -0.05) is 48.6 Å². The lowest BCUT2D eigenvalue weighted by molar-refractivity contribution is -0.131. The van der Waals surface area contributed by atoms with E-state index in [0.717, 1.165) is 5.56 Å². The van der Waals surface area contributed by atoms with Gasteiger partial charge in [-0.25, -0.2) is 0 Å². The second-order valence-electron chi connectivity index (χ2n) is 3.79. The summed E-state index contributed by atoms with van der Waals surface area (Å²) in [7, 11) is 0. The normalized spacial score (nSPS) is 10.5. The van der Waals surface area contributed by atoms with Crippen LogP contribution in [0.15, 0.2) is 18.2 Å². The fourth-order valence-corrected chi connectivity index (χ4v) is 1.39. The van der Waals surface area contributed by atoms with E-state index < -0.39 is 0 Å². The maximum Gasteiger partial charge on any atom is 0.321 e. The van der Waals surface area contributed by atoms with Gasteiger partial charge in [0.2, 0.25) is 0 Å². The van der Waals surface area contributed by atoms with Crippen molar-refractivity contribution in [3.63, 3.8) is 0 Å². The summed E-state index contributed by atoms with van der Waals surface area (Å²) in [6, 6.07) is 6.01. The number of carbonyl (C=O) groups is 1. The Balaban J connectivity index is 2.95. The summed E-state index contributed by atoms with van der Waals surface area (Å²) in [6.45, 7) is 6.18. The first-order valence-corrected chi connectivity index (χ1v) is 6.44. The lowest BCUT2D eigenvalue weighted by Gasteiger charge is -2.10. The zero-order valence-corrected chi connectivity index (χ0v) is 11.4. The fraction of sp³-hybridized carbons (Fsp3) is 0.417. The van der Waals surface area contributed by atoms with Crippen molar-refractivity contribution in [1.82, 2.24) is 0 Å². The van der Waals surface area contributed by atoms with Crippen molar-refractivity contribution in [3.8, 4) is 5.75 Å². The standard InChI is InChI=1S/C12H15IO2/c1-8(2)10-5-4-9(3)11(6-10)15-12(14)7-13/h4-6,8H,7H2,1-3H3. The molecule has 2 nitrogen and oxygen atoms in total. The Kier molecular flexibility index (Phi) is 4.57. The van der Waals surface area contributed by atoms with Gasteiger partial charge in [-0.15, -0.1) is 0 Å². The molecule has 0 radical (unpaired) electrons. The Morgan fingerprint density at radius 3 is 2.67 bits per heavy atom. The molecule has 0 aromatic heterocycles. The van der Waals surface area contributed by atoms with Crippen LogP contribution in [0, 0.1) is 6.92 Å². The number of halogens is 1. The van der Waals surface area contributed by atoms with Crippen molar-refractivity contribution < 1.29 is 9.53 Å². The van der Waals surface area contributed by atoms with Gasteiger partial charge in [0.15, 0.2) is 0 Å². The van der Waals surface area contributed by atoms with Crippen LogP contribution in [0.3, 0.4) is 0 Å². The van der Waals surface area contributed by atoms with Crippen LogP contribution < -0.4 is 4.74 Å². The second kappa shape index (κ2) is 5.49. The van der Waals surface area contributed by atoms with Crippen molar-refractivity contribution in [2.75, 3.05) is 4.43 Å². The van der Waals surface area contributed by atoms with Crippen LogP contribution in [0.2, 0.25) is 0 Å². The molecule has 3 heteroatoms. The predicted octanol–water partition coefficient (Wildman–Crippen LogP) is 3.46. The minimum atomic E-state index is -0.195. The molecule has 0 fully saturated rings. The van der Waals surface area contributed by atoms with Gasteiger partial charge < -0.3 is 4.74 Å². The summed E-state index contributed by atoms with van der Waals surface area (Å²) in [6.07, 6.45) is 0. The third kappa shape index (κ3) is 3.48. The van der Waals surface area contributed by atoms with E-state index in [1.165, 1.54) is 5.56 Å². The van der Waals surface area contributed by atoms with Gasteiger partial charge in [0.05, 0.1) is 4.43 Å². The highest BCUT2D eigenvalue weighted by Gasteiger charge is 2.08. The van der Waals surface area contributed by atoms with E-state index in [0.29, 0.717) is 16.1 Å². The number of benzene rings is 1. The van der Waals surface area contributed by atoms with E-state index in [9.17, 15) is 4.79 Å². The Morgan fingerprint density at radius 2 is 2.13 bits per heavy atom. The molecule has 1 aromatic rings. The summed E-state index contributed by atoms with van der Waals surface area (Å²) in [5, 5.41) is 0. The molecule has 0 amide bonds. The van der Waals surface area contributed by atoms with Crippen LogP contribution in [-0.4, -0.2) is 10.4 Å². The SMILES string of the molecule is Cc1ccc(C(C)C)cc1OC(=O)CI. The van der Waals surface area contributed by atoms with Gasteiger partial charge in [0.1, 0.15) is 5.75 Å². The third-order valence-electron chi connectivity index (χ3n) is 2.21. The first-order valence-electron chi connectivity index (χ1n) is 4.91. The van der Waals surface area contributed by atoms with Crippen molar-refractivity contribution >= 4 is 28.6 Å². The molecular formula is C12H15IO2. The zero-order valence-electron chi connectivity index (χ0n) is 9.21. The van der Waals surface area contributed by atoms with Crippen LogP contribution in [0.25, 0.3) is 0 Å². The van der Waals surface area contributed by atoms with Gasteiger partial charge >= 0.3 is 5.97 Å². The van der Waals surface area contributed by atoms with Gasteiger partial charge in [-0.2, -0.15) is 0 Å². The summed E-state index contributed by atoms with van der Waals surface area (Å²) >= 11 is 2.00. The number of ether oxygens (including phenoxy) is 1. The molecule has 0 aliphatic heterocycles. The first-order chi connectivity index (χ1) is 7.04. The van der Waals surface area contributed by atoms with E-state index >= 15 is 0 Å². The van der Waals surface area contributed by atoms with Crippen LogP contribution in [0.4, 0.5) is 0 Å². The molecule has 0 saturated carbocycles. The average Bonchev–Trinajstić information content (AvgIpc) is 2.20. The van der Waals surface area contributed by atoms with E-state index in [1.54, 1.807) is 0 Å². The molecule has 1 aromatic carbocycles. The van der Waals surface area contributed by atoms with Gasteiger partial charge in [0.25, 0.3) is 0 Å². The summed E-state index contributed by atoms with van der Waals surface area (Å²) in [4.78, 5) is 11.2. The monoisotopic (exact) mass is 318 g/mol. The van der Waals surface area contributed by atoms with Crippen molar-refractivity contribution in [1.29, 1.82) is 0 Å². The van der Waals surface area contributed by atoms with E-state index in [1.807, 2.05) is 41.6 Å². The van der Waals surface area contributed by atoms with Crippen LogP contribution >= 0.6 is 22.6 Å². The second-order valence-corrected chi connectivity index (χ2v) is 4.55. The Morgan fingerprint density at radius 1 is 1.47 bits per heavy atom. The van der Waals surface area contributed by atoms with Gasteiger partial charge in [-0.3, -0.25) is 4.79 Å². The maximum absolute atomic E-state index is 11.2. The quantitative estimate of drug-likeness (QED) is 0.369. The summed E-state index contributed by atoms with van der Waals surface area (Å²) in [5.41, 5.74) is 2.19. The zero-order chi connectivity index (χ0) is 11.4. The summed E-state index contributed by atoms with van der Waals surface area (Å²) < 4.78 is 5.62. The Hall–Kier alpha value is -0.580. The van der Waals surface area contributed by atoms with Crippen molar-refractivity contribution in [2.24, 2.45) is 0 Å². The van der Waals surface area contributed by atoms with Crippen LogP contribution in [0.5, 0.6) is 5.75 Å². The molecule has 0 heterocycles. The highest BCUT2D eigenvalue weighted by molar-refractivity contribution is 14.1. The minimum absolute atomic E-state index is 0.195. The molecule has 0 atom stereocenters. The molecule has 0 unspecified atom stereocenters. The molecule has 0 spiro atoms. The summed E-state index contributed by atoms with van der Waals surface area (Å²) in [5.74, 6) is 0.935. The maximum atomic E-state index is 11.2. The number of carbonyl (C=O) groups excluding carboxylic acids is 1. The lowest BCUT2D eigenvalue weighted by atomic mass is 10.0. The number of aryl methyl sites for hydroxylation is 1. The minimum Gasteiger partial charge on any atom is -0.426 e. The number of alkyl halides is 1. The smallest absolute Gasteiger partial charge is 0.321 e. The Labute approximate surface area is 104 Å². The van der Waals surface area contributed by atoms with E-state index in [2.05, 4.69) is 19.9 Å². The van der Waals surface area contributed by atoms with Gasteiger partial charge in [-0.05, 0) is 30.0 Å². The van der Waals surface area contributed by atoms with E-state index in [4.69, 9.17) is 4.74 Å².